The van der Waals surface area contributed by atoms with E-state index in [0.717, 1.165) is 5.56 Å². The van der Waals surface area contributed by atoms with Crippen molar-refractivity contribution in [2.45, 2.75) is 32.5 Å². The van der Waals surface area contributed by atoms with Crippen LogP contribution in [0.1, 0.15) is 32.3 Å². The predicted octanol–water partition coefficient (Wildman–Crippen LogP) is 3.74. The van der Waals surface area contributed by atoms with Gasteiger partial charge in [0, 0.05) is 26.2 Å². The smallest absolute Gasteiger partial charge is 0.327 e. The van der Waals surface area contributed by atoms with Crippen LogP contribution in [0, 0.1) is 23.7 Å². The van der Waals surface area contributed by atoms with Crippen LogP contribution in [-0.4, -0.2) is 17.7 Å². The maximum absolute atomic E-state index is 12.8. The fourth-order valence-electron chi connectivity index (χ4n) is 2.91. The van der Waals surface area contributed by atoms with E-state index in [4.69, 9.17) is 15.9 Å². The molecule has 0 aliphatic carbocycles. The third-order valence-electron chi connectivity index (χ3n) is 4.16. The van der Waals surface area contributed by atoms with Crippen molar-refractivity contribution in [1.29, 1.82) is 0 Å². The van der Waals surface area contributed by atoms with Gasteiger partial charge in [-0.25, -0.2) is 0 Å². The second-order valence-corrected chi connectivity index (χ2v) is 6.43. The van der Waals surface area contributed by atoms with Gasteiger partial charge >= 0.3 is 11.9 Å². The van der Waals surface area contributed by atoms with Gasteiger partial charge in [0.1, 0.15) is 0 Å². The lowest BCUT2D eigenvalue weighted by Gasteiger charge is -2.42. The van der Waals surface area contributed by atoms with Crippen molar-refractivity contribution in [2.75, 3.05) is 0 Å². The zero-order chi connectivity index (χ0) is 18.5. The second-order valence-electron chi connectivity index (χ2n) is 6.43. The van der Waals surface area contributed by atoms with Gasteiger partial charge in [0.25, 0.3) is 5.79 Å². The largest absolute Gasteiger partial charge is 0.422 e. The minimum Gasteiger partial charge on any atom is -0.422 e. The Balaban J connectivity index is 2.45. The lowest BCUT2D eigenvalue weighted by atomic mass is 9.70. The van der Waals surface area contributed by atoms with Crippen molar-refractivity contribution in [1.82, 2.24) is 0 Å². The Morgan fingerprint density at radius 3 is 2.32 bits per heavy atom. The topological polar surface area (TPSA) is 52.6 Å². The molecule has 1 aliphatic heterocycles. The molecule has 1 unspecified atom stereocenters. The molecule has 0 bridgehead atoms. The summed E-state index contributed by atoms with van der Waals surface area (Å²) in [6, 6.07) is 9.56. The van der Waals surface area contributed by atoms with Crippen LogP contribution in [-0.2, 0) is 19.1 Å². The van der Waals surface area contributed by atoms with E-state index in [2.05, 4.69) is 12.5 Å². The predicted molar refractivity (Wildman–Crippen MR) is 95.9 cm³/mol. The van der Waals surface area contributed by atoms with E-state index in [1.807, 2.05) is 36.4 Å². The molecule has 4 nitrogen and oxygen atoms in total. The number of ether oxygens (including phenoxy) is 2. The summed E-state index contributed by atoms with van der Waals surface area (Å²) >= 11 is 0. The van der Waals surface area contributed by atoms with Gasteiger partial charge in [0.05, 0.1) is 0 Å². The SMILES string of the molecule is C#CCC(/C=C/c1ccccc1)C1(CC=C)C(=O)OC(C)(C)OC1=O. The summed E-state index contributed by atoms with van der Waals surface area (Å²) in [7, 11) is 0. The maximum atomic E-state index is 12.8. The van der Waals surface area contributed by atoms with E-state index in [-0.39, 0.29) is 12.8 Å². The first-order chi connectivity index (χ1) is 11.9. The second kappa shape index (κ2) is 7.40. The van der Waals surface area contributed by atoms with Crippen LogP contribution < -0.4 is 0 Å². The number of rotatable bonds is 6. The first-order valence-corrected chi connectivity index (χ1v) is 8.10. The molecule has 1 fully saturated rings. The van der Waals surface area contributed by atoms with Gasteiger partial charge in [-0.15, -0.1) is 18.9 Å². The summed E-state index contributed by atoms with van der Waals surface area (Å²) < 4.78 is 10.7. The molecule has 1 atom stereocenters. The Hall–Kier alpha value is -2.80. The molecule has 1 aliphatic rings. The first kappa shape index (κ1) is 18.5. The van der Waals surface area contributed by atoms with Gasteiger partial charge in [-0.1, -0.05) is 48.6 Å². The minimum atomic E-state index is -1.52. The van der Waals surface area contributed by atoms with Crippen molar-refractivity contribution >= 4 is 18.0 Å². The maximum Gasteiger partial charge on any atom is 0.327 e. The van der Waals surface area contributed by atoms with Gasteiger partial charge in [-0.05, 0) is 12.0 Å². The van der Waals surface area contributed by atoms with Gasteiger partial charge in [0.15, 0.2) is 5.41 Å². The number of benzene rings is 1. The number of hydrogen-bond acceptors (Lipinski definition) is 4. The Morgan fingerprint density at radius 1 is 1.20 bits per heavy atom. The lowest BCUT2D eigenvalue weighted by molar-refractivity contribution is -0.253. The van der Waals surface area contributed by atoms with Crippen molar-refractivity contribution in [3.8, 4) is 12.3 Å². The number of carbonyl (C=O) groups is 2. The number of carbonyl (C=O) groups excluding carboxylic acids is 2. The minimum absolute atomic E-state index is 0.0895. The van der Waals surface area contributed by atoms with E-state index >= 15 is 0 Å². The number of hydrogen-bond donors (Lipinski definition) is 0. The van der Waals surface area contributed by atoms with Crippen molar-refractivity contribution in [3.05, 3.63) is 54.6 Å². The molecular formula is C21H22O4. The van der Waals surface area contributed by atoms with E-state index in [0.29, 0.717) is 0 Å². The standard InChI is InChI=1S/C21H22O4/c1-5-10-17(14-13-16-11-8-7-9-12-16)21(15-6-2)18(22)24-20(3,4)25-19(21)23/h1,6-9,11-14,17H,2,10,15H2,3-4H3/b14-13+. The molecule has 1 heterocycles. The summed E-state index contributed by atoms with van der Waals surface area (Å²) in [5, 5.41) is 0. The number of allylic oxidation sites excluding steroid dienone is 2. The molecule has 4 heteroatoms. The Kier molecular flexibility index (Phi) is 5.48. The van der Waals surface area contributed by atoms with Gasteiger partial charge < -0.3 is 9.47 Å². The van der Waals surface area contributed by atoms with E-state index in [1.165, 1.54) is 19.9 Å². The van der Waals surface area contributed by atoms with Crippen LogP contribution in [0.25, 0.3) is 6.08 Å². The van der Waals surface area contributed by atoms with Crippen LogP contribution >= 0.6 is 0 Å². The summed E-state index contributed by atoms with van der Waals surface area (Å²) in [6.45, 7) is 6.72. The van der Waals surface area contributed by atoms with E-state index < -0.39 is 29.1 Å². The highest BCUT2D eigenvalue weighted by atomic mass is 16.7. The van der Waals surface area contributed by atoms with Gasteiger partial charge in [-0.3, -0.25) is 9.59 Å². The van der Waals surface area contributed by atoms with Crippen molar-refractivity contribution in [3.63, 3.8) is 0 Å². The molecule has 1 saturated heterocycles. The number of terminal acetylenes is 1. The molecule has 130 valence electrons. The number of esters is 2. The van der Waals surface area contributed by atoms with Gasteiger partial charge in [-0.2, -0.15) is 0 Å². The molecule has 0 radical (unpaired) electrons. The molecule has 0 aromatic heterocycles. The van der Waals surface area contributed by atoms with Crippen LogP contribution in [0.5, 0.6) is 0 Å². The molecular weight excluding hydrogens is 316 g/mol. The zero-order valence-corrected chi connectivity index (χ0v) is 14.5. The van der Waals surface area contributed by atoms with Crippen molar-refractivity contribution in [2.24, 2.45) is 11.3 Å². The summed E-state index contributed by atoms with van der Waals surface area (Å²) in [6.07, 6.45) is 10.9. The van der Waals surface area contributed by atoms with Crippen LogP contribution in [0.3, 0.4) is 0 Å². The highest BCUT2D eigenvalue weighted by Gasteiger charge is 2.58. The molecule has 0 N–H and O–H groups in total. The Bertz CT molecular complexity index is 702. The average molecular weight is 338 g/mol. The van der Waals surface area contributed by atoms with E-state index in [1.54, 1.807) is 6.08 Å². The molecule has 0 amide bonds. The fourth-order valence-corrected chi connectivity index (χ4v) is 2.91. The monoisotopic (exact) mass is 338 g/mol. The number of cyclic esters (lactones) is 2. The van der Waals surface area contributed by atoms with Crippen LogP contribution in [0.4, 0.5) is 0 Å². The van der Waals surface area contributed by atoms with Crippen LogP contribution in [0.2, 0.25) is 0 Å². The highest BCUT2D eigenvalue weighted by Crippen LogP contribution is 2.43. The third kappa shape index (κ3) is 3.83. The average Bonchev–Trinajstić information content (AvgIpc) is 2.55. The molecule has 1 aromatic carbocycles. The molecule has 25 heavy (non-hydrogen) atoms. The summed E-state index contributed by atoms with van der Waals surface area (Å²) in [5.74, 6) is -0.572. The third-order valence-corrected chi connectivity index (χ3v) is 4.16. The molecule has 1 aromatic rings. The molecule has 0 spiro atoms. The zero-order valence-electron chi connectivity index (χ0n) is 14.5. The molecule has 2 rings (SSSR count). The van der Waals surface area contributed by atoms with Crippen molar-refractivity contribution < 1.29 is 19.1 Å². The molecule has 0 saturated carbocycles. The first-order valence-electron chi connectivity index (χ1n) is 8.10. The quantitative estimate of drug-likeness (QED) is 0.343. The Morgan fingerprint density at radius 2 is 1.80 bits per heavy atom. The van der Waals surface area contributed by atoms with E-state index in [9.17, 15) is 9.59 Å². The van der Waals surface area contributed by atoms with Crippen LogP contribution in [0.15, 0.2) is 49.1 Å². The lowest BCUT2D eigenvalue weighted by Crippen LogP contribution is -2.56. The summed E-state index contributed by atoms with van der Waals surface area (Å²) in [5.41, 5.74) is -0.578. The van der Waals surface area contributed by atoms with Gasteiger partial charge in [0.2, 0.25) is 0 Å². The normalized spacial score (nSPS) is 19.6. The summed E-state index contributed by atoms with van der Waals surface area (Å²) in [4.78, 5) is 25.6. The highest BCUT2D eigenvalue weighted by molar-refractivity contribution is 6.02. The fraction of sp³-hybridized carbons (Fsp3) is 0.333. The Labute approximate surface area is 148 Å².